The summed E-state index contributed by atoms with van der Waals surface area (Å²) in [6, 6.07) is 6.46. The van der Waals surface area contributed by atoms with Gasteiger partial charge >= 0.3 is 0 Å². The molecule has 1 unspecified atom stereocenters. The molecule has 96 valence electrons. The van der Waals surface area contributed by atoms with Gasteiger partial charge in [-0.3, -0.25) is 0 Å². The number of rotatable bonds is 2. The molecule has 1 N–H and O–H groups in total. The van der Waals surface area contributed by atoms with Gasteiger partial charge in [-0.1, -0.05) is 29.9 Å². The highest BCUT2D eigenvalue weighted by Crippen LogP contribution is 2.32. The van der Waals surface area contributed by atoms with E-state index in [1.165, 1.54) is 4.70 Å². The number of halogens is 1. The molecule has 0 aliphatic carbocycles. The maximum atomic E-state index is 6.02. The molecule has 2 heterocycles. The number of nitrogens with zero attached hydrogens (tertiary/aromatic N) is 2. The summed E-state index contributed by atoms with van der Waals surface area (Å²) in [7, 11) is 0. The molecule has 1 saturated heterocycles. The Bertz CT molecular complexity index is 554. The Labute approximate surface area is 116 Å². The second-order valence-corrected chi connectivity index (χ2v) is 6.01. The summed E-state index contributed by atoms with van der Waals surface area (Å²) in [5.74, 6) is 0. The van der Waals surface area contributed by atoms with Gasteiger partial charge in [-0.05, 0) is 24.6 Å². The lowest BCUT2D eigenvalue weighted by Crippen LogP contribution is -2.51. The minimum Gasteiger partial charge on any atom is -0.343 e. The molecular weight excluding hydrogens is 266 g/mol. The summed E-state index contributed by atoms with van der Waals surface area (Å²) in [6.45, 7) is 5.35. The summed E-state index contributed by atoms with van der Waals surface area (Å²) in [4.78, 5) is 7.16. The summed E-state index contributed by atoms with van der Waals surface area (Å²) in [5, 5.41) is 5.35. The second-order valence-electron chi connectivity index (χ2n) is 4.57. The van der Waals surface area contributed by atoms with Crippen LogP contribution < -0.4 is 10.2 Å². The smallest absolute Gasteiger partial charge is 0.186 e. The van der Waals surface area contributed by atoms with Crippen LogP contribution in [0.4, 0.5) is 5.13 Å². The molecule has 0 saturated carbocycles. The number of benzene rings is 1. The first-order valence-corrected chi connectivity index (χ1v) is 7.51. The van der Waals surface area contributed by atoms with E-state index in [4.69, 9.17) is 16.6 Å². The van der Waals surface area contributed by atoms with Gasteiger partial charge in [-0.25, -0.2) is 4.98 Å². The van der Waals surface area contributed by atoms with Crippen LogP contribution >= 0.6 is 22.9 Å². The number of fused-ring (bicyclic) bond motifs is 1. The highest BCUT2D eigenvalue weighted by atomic mass is 35.5. The predicted octanol–water partition coefficient (Wildman–Crippen LogP) is 3.14. The largest absolute Gasteiger partial charge is 0.343 e. The van der Waals surface area contributed by atoms with E-state index in [1.54, 1.807) is 11.3 Å². The first-order valence-electron chi connectivity index (χ1n) is 6.31. The topological polar surface area (TPSA) is 28.2 Å². The fraction of sp³-hybridized carbons (Fsp3) is 0.462. The second kappa shape index (κ2) is 5.03. The van der Waals surface area contributed by atoms with Crippen LogP contribution in [-0.2, 0) is 0 Å². The minimum absolute atomic E-state index is 0.551. The van der Waals surface area contributed by atoms with Gasteiger partial charge in [0.1, 0.15) is 0 Å². The molecule has 2 aromatic rings. The van der Waals surface area contributed by atoms with Crippen molar-refractivity contribution in [3.63, 3.8) is 0 Å². The predicted molar refractivity (Wildman–Crippen MR) is 78.9 cm³/mol. The highest BCUT2D eigenvalue weighted by Gasteiger charge is 2.23. The first-order chi connectivity index (χ1) is 8.78. The molecule has 1 aliphatic rings. The molecule has 0 amide bonds. The maximum Gasteiger partial charge on any atom is 0.186 e. The van der Waals surface area contributed by atoms with Gasteiger partial charge in [-0.15, -0.1) is 0 Å². The molecule has 5 heteroatoms. The van der Waals surface area contributed by atoms with E-state index in [0.29, 0.717) is 6.04 Å². The van der Waals surface area contributed by atoms with Crippen molar-refractivity contribution in [3.8, 4) is 0 Å². The van der Waals surface area contributed by atoms with Crippen molar-refractivity contribution in [1.29, 1.82) is 0 Å². The fourth-order valence-corrected chi connectivity index (χ4v) is 3.73. The van der Waals surface area contributed by atoms with Crippen molar-refractivity contribution in [2.24, 2.45) is 0 Å². The summed E-state index contributed by atoms with van der Waals surface area (Å²) in [5.41, 5.74) is 1.05. The van der Waals surface area contributed by atoms with Gasteiger partial charge in [-0.2, -0.15) is 0 Å². The van der Waals surface area contributed by atoms with E-state index in [2.05, 4.69) is 17.1 Å². The quantitative estimate of drug-likeness (QED) is 0.917. The van der Waals surface area contributed by atoms with Crippen LogP contribution in [-0.4, -0.2) is 30.7 Å². The minimum atomic E-state index is 0.551. The zero-order valence-corrected chi connectivity index (χ0v) is 11.9. The molecule has 0 spiro atoms. The Morgan fingerprint density at radius 1 is 1.56 bits per heavy atom. The third-order valence-corrected chi connectivity index (χ3v) is 4.70. The fourth-order valence-electron chi connectivity index (χ4n) is 2.39. The van der Waals surface area contributed by atoms with Crippen molar-refractivity contribution in [3.05, 3.63) is 23.2 Å². The zero-order valence-electron chi connectivity index (χ0n) is 10.3. The Hall–Kier alpha value is -0.840. The zero-order chi connectivity index (χ0) is 12.5. The number of thiazole rings is 1. The van der Waals surface area contributed by atoms with Crippen molar-refractivity contribution in [2.75, 3.05) is 24.5 Å². The van der Waals surface area contributed by atoms with E-state index >= 15 is 0 Å². The molecule has 18 heavy (non-hydrogen) atoms. The van der Waals surface area contributed by atoms with Crippen LogP contribution in [0, 0.1) is 0 Å². The van der Waals surface area contributed by atoms with Crippen LogP contribution in [0.3, 0.4) is 0 Å². The third-order valence-electron chi connectivity index (χ3n) is 3.41. The molecule has 3 rings (SSSR count). The molecule has 1 aromatic heterocycles. The Kier molecular flexibility index (Phi) is 3.41. The third kappa shape index (κ3) is 2.20. The molecule has 1 aromatic carbocycles. The summed E-state index contributed by atoms with van der Waals surface area (Å²) >= 11 is 7.76. The summed E-state index contributed by atoms with van der Waals surface area (Å²) < 4.78 is 1.17. The van der Waals surface area contributed by atoms with Gasteiger partial charge in [0.05, 0.1) is 10.2 Å². The van der Waals surface area contributed by atoms with E-state index in [-0.39, 0.29) is 0 Å². The monoisotopic (exact) mass is 281 g/mol. The number of anilines is 1. The standard InChI is InChI=1S/C13H16ClN3S/c1-2-10-8-15-5-6-17(10)13-16-11-4-3-9(14)7-12(11)18-13/h3-4,7,10,15H,2,5-6,8H2,1H3. The number of hydrogen-bond acceptors (Lipinski definition) is 4. The van der Waals surface area contributed by atoms with E-state index in [9.17, 15) is 0 Å². The lowest BCUT2D eigenvalue weighted by Gasteiger charge is -2.35. The molecule has 1 fully saturated rings. The number of piperazine rings is 1. The van der Waals surface area contributed by atoms with E-state index < -0.39 is 0 Å². The van der Waals surface area contributed by atoms with Gasteiger partial charge in [0, 0.05) is 30.7 Å². The molecule has 1 atom stereocenters. The molecular formula is C13H16ClN3S. The number of aromatic nitrogens is 1. The van der Waals surface area contributed by atoms with Crippen LogP contribution in [0.2, 0.25) is 5.02 Å². The SMILES string of the molecule is CCC1CNCCN1c1nc2ccc(Cl)cc2s1. The van der Waals surface area contributed by atoms with Gasteiger partial charge in [0.25, 0.3) is 0 Å². The summed E-state index contributed by atoms with van der Waals surface area (Å²) in [6.07, 6.45) is 1.14. The molecule has 0 radical (unpaired) electrons. The van der Waals surface area contributed by atoms with Crippen molar-refractivity contribution >= 4 is 38.3 Å². The average Bonchev–Trinajstić information content (AvgIpc) is 2.81. The van der Waals surface area contributed by atoms with Gasteiger partial charge in [0.15, 0.2) is 5.13 Å². The van der Waals surface area contributed by atoms with Crippen molar-refractivity contribution in [1.82, 2.24) is 10.3 Å². The van der Waals surface area contributed by atoms with Crippen LogP contribution in [0.25, 0.3) is 10.2 Å². The van der Waals surface area contributed by atoms with Crippen LogP contribution in [0.15, 0.2) is 18.2 Å². The van der Waals surface area contributed by atoms with Crippen LogP contribution in [0.5, 0.6) is 0 Å². The van der Waals surface area contributed by atoms with Gasteiger partial charge < -0.3 is 10.2 Å². The molecule has 3 nitrogen and oxygen atoms in total. The Morgan fingerprint density at radius 2 is 2.44 bits per heavy atom. The van der Waals surface area contributed by atoms with E-state index in [0.717, 1.165) is 41.7 Å². The maximum absolute atomic E-state index is 6.02. The lowest BCUT2D eigenvalue weighted by atomic mass is 10.1. The normalized spacial score (nSPS) is 20.6. The number of hydrogen-bond donors (Lipinski definition) is 1. The molecule has 1 aliphatic heterocycles. The van der Waals surface area contributed by atoms with Gasteiger partial charge in [0.2, 0.25) is 0 Å². The highest BCUT2D eigenvalue weighted by molar-refractivity contribution is 7.22. The van der Waals surface area contributed by atoms with Crippen molar-refractivity contribution < 1.29 is 0 Å². The molecule has 0 bridgehead atoms. The van der Waals surface area contributed by atoms with Crippen molar-refractivity contribution in [2.45, 2.75) is 19.4 Å². The Balaban J connectivity index is 1.97. The number of nitrogens with one attached hydrogen (secondary N) is 1. The average molecular weight is 282 g/mol. The first kappa shape index (κ1) is 12.2. The Morgan fingerprint density at radius 3 is 3.28 bits per heavy atom. The van der Waals surface area contributed by atoms with E-state index in [1.807, 2.05) is 18.2 Å². The lowest BCUT2D eigenvalue weighted by molar-refractivity contribution is 0.466. The van der Waals surface area contributed by atoms with Crippen LogP contribution in [0.1, 0.15) is 13.3 Å².